The van der Waals surface area contributed by atoms with E-state index in [2.05, 4.69) is 0 Å². The van der Waals surface area contributed by atoms with Crippen LogP contribution in [0.4, 0.5) is 0 Å². The van der Waals surface area contributed by atoms with Gasteiger partial charge in [0.05, 0.1) is 13.2 Å². The second kappa shape index (κ2) is 7.36. The molecule has 0 aliphatic carbocycles. The van der Waals surface area contributed by atoms with E-state index in [0.717, 1.165) is 16.7 Å². The first-order valence-electron chi connectivity index (χ1n) is 5.49. The number of ether oxygens (including phenoxy) is 3. The monoisotopic (exact) mass is 272 g/mol. The Morgan fingerprint density at radius 2 is 1.67 bits per heavy atom. The first kappa shape index (κ1) is 15.0. The smallest absolute Gasteiger partial charge is 0.326 e. The highest BCUT2D eigenvalue weighted by molar-refractivity contribution is 6.26. The van der Waals surface area contributed by atoms with Crippen LogP contribution in [0, 0.1) is 6.92 Å². The van der Waals surface area contributed by atoms with Crippen molar-refractivity contribution in [3.63, 3.8) is 0 Å². The van der Waals surface area contributed by atoms with Crippen molar-refractivity contribution in [3.8, 4) is 5.75 Å². The molecule has 0 spiro atoms. The van der Waals surface area contributed by atoms with Crippen molar-refractivity contribution >= 4 is 17.6 Å². The minimum atomic E-state index is -0.491. The molecule has 0 unspecified atom stereocenters. The highest BCUT2D eigenvalue weighted by Gasteiger charge is 2.14. The highest BCUT2D eigenvalue weighted by atomic mass is 35.5. The largest absolute Gasteiger partial charge is 0.425 e. The van der Waals surface area contributed by atoms with E-state index in [-0.39, 0.29) is 5.88 Å². The van der Waals surface area contributed by atoms with Gasteiger partial charge in [0.15, 0.2) is 0 Å². The fourth-order valence-corrected chi connectivity index (χ4v) is 1.78. The fraction of sp³-hybridized carbons (Fsp3) is 0.462. The van der Waals surface area contributed by atoms with E-state index < -0.39 is 5.97 Å². The van der Waals surface area contributed by atoms with Crippen LogP contribution in [-0.4, -0.2) is 26.1 Å². The molecule has 1 aromatic carbocycles. The Hall–Kier alpha value is -1.10. The Balaban J connectivity index is 3.16. The summed E-state index contributed by atoms with van der Waals surface area (Å²) < 4.78 is 15.5. The van der Waals surface area contributed by atoms with Gasteiger partial charge in [0.1, 0.15) is 11.6 Å². The van der Waals surface area contributed by atoms with E-state index in [1.165, 1.54) is 0 Å². The zero-order chi connectivity index (χ0) is 13.5. The van der Waals surface area contributed by atoms with Gasteiger partial charge >= 0.3 is 5.97 Å². The van der Waals surface area contributed by atoms with Crippen LogP contribution in [0.3, 0.4) is 0 Å². The Morgan fingerprint density at radius 3 is 2.06 bits per heavy atom. The molecule has 0 aliphatic rings. The summed E-state index contributed by atoms with van der Waals surface area (Å²) in [5, 5.41) is 0. The summed E-state index contributed by atoms with van der Waals surface area (Å²) in [7, 11) is 3.18. The van der Waals surface area contributed by atoms with E-state index in [9.17, 15) is 4.79 Å². The van der Waals surface area contributed by atoms with Gasteiger partial charge in [-0.2, -0.15) is 0 Å². The molecule has 0 bridgehead atoms. The molecule has 1 rings (SSSR count). The maximum Gasteiger partial charge on any atom is 0.326 e. The average molecular weight is 273 g/mol. The van der Waals surface area contributed by atoms with E-state index in [4.69, 9.17) is 25.8 Å². The second-order valence-corrected chi connectivity index (χ2v) is 4.15. The first-order valence-corrected chi connectivity index (χ1v) is 6.02. The summed E-state index contributed by atoms with van der Waals surface area (Å²) in [6, 6.07) is 3.83. The molecule has 100 valence electrons. The van der Waals surface area contributed by atoms with Crippen LogP contribution in [0.2, 0.25) is 0 Å². The first-order chi connectivity index (χ1) is 8.62. The lowest BCUT2D eigenvalue weighted by Crippen LogP contribution is -2.13. The predicted molar refractivity (Wildman–Crippen MR) is 69.0 cm³/mol. The van der Waals surface area contributed by atoms with Crippen LogP contribution in [-0.2, 0) is 27.5 Å². The number of hydrogen-bond acceptors (Lipinski definition) is 4. The number of benzene rings is 1. The van der Waals surface area contributed by atoms with Gasteiger partial charge in [0.2, 0.25) is 0 Å². The normalized spacial score (nSPS) is 10.4. The lowest BCUT2D eigenvalue weighted by Gasteiger charge is -2.15. The number of halogens is 1. The van der Waals surface area contributed by atoms with Crippen LogP contribution < -0.4 is 4.74 Å². The Labute approximate surface area is 112 Å². The highest BCUT2D eigenvalue weighted by Crippen LogP contribution is 2.27. The van der Waals surface area contributed by atoms with Crippen LogP contribution >= 0.6 is 11.6 Å². The summed E-state index contributed by atoms with van der Waals surface area (Å²) in [5.41, 5.74) is 2.67. The lowest BCUT2D eigenvalue weighted by atomic mass is 10.1. The molecule has 4 nitrogen and oxygen atoms in total. The summed E-state index contributed by atoms with van der Waals surface area (Å²) >= 11 is 5.45. The predicted octanol–water partition coefficient (Wildman–Crippen LogP) is 2.43. The van der Waals surface area contributed by atoms with Crippen molar-refractivity contribution in [1.82, 2.24) is 0 Å². The molecule has 0 atom stereocenters. The SMILES string of the molecule is COCc1cc(C)cc(COC)c1OC(=O)CCl. The van der Waals surface area contributed by atoms with E-state index in [1.54, 1.807) is 14.2 Å². The maximum atomic E-state index is 11.3. The molecule has 18 heavy (non-hydrogen) atoms. The standard InChI is InChI=1S/C13H17ClO4/c1-9-4-10(7-16-2)13(18-12(15)6-14)11(5-9)8-17-3/h4-5H,6-8H2,1-3H3. The molecule has 0 saturated carbocycles. The second-order valence-electron chi connectivity index (χ2n) is 3.89. The summed E-state index contributed by atoms with van der Waals surface area (Å²) in [4.78, 5) is 11.3. The Kier molecular flexibility index (Phi) is 6.12. The number of aryl methyl sites for hydroxylation is 1. The molecule has 1 aromatic rings. The van der Waals surface area contributed by atoms with E-state index >= 15 is 0 Å². The van der Waals surface area contributed by atoms with Crippen LogP contribution in [0.1, 0.15) is 16.7 Å². The van der Waals surface area contributed by atoms with Crippen LogP contribution in [0.15, 0.2) is 12.1 Å². The Bertz CT molecular complexity index is 390. The van der Waals surface area contributed by atoms with E-state index in [1.807, 2.05) is 19.1 Å². The molecule has 5 heteroatoms. The molecule has 0 radical (unpaired) electrons. The molecule has 0 heterocycles. The molecular weight excluding hydrogens is 256 g/mol. The van der Waals surface area contributed by atoms with Crippen molar-refractivity contribution < 1.29 is 19.0 Å². The molecule has 0 amide bonds. The number of hydrogen-bond donors (Lipinski definition) is 0. The number of rotatable bonds is 6. The fourth-order valence-electron chi connectivity index (χ4n) is 1.73. The van der Waals surface area contributed by atoms with Crippen LogP contribution in [0.25, 0.3) is 0 Å². The molecule has 0 saturated heterocycles. The summed E-state index contributed by atoms with van der Waals surface area (Å²) in [5.74, 6) is -0.197. The van der Waals surface area contributed by atoms with Gasteiger partial charge in [-0.15, -0.1) is 11.6 Å². The van der Waals surface area contributed by atoms with Gasteiger partial charge < -0.3 is 14.2 Å². The molecule has 0 aromatic heterocycles. The van der Waals surface area contributed by atoms with Gasteiger partial charge in [-0.25, -0.2) is 0 Å². The van der Waals surface area contributed by atoms with E-state index in [0.29, 0.717) is 19.0 Å². The third-order valence-corrected chi connectivity index (χ3v) is 2.53. The van der Waals surface area contributed by atoms with Crippen molar-refractivity contribution in [1.29, 1.82) is 0 Å². The number of carbonyl (C=O) groups is 1. The van der Waals surface area contributed by atoms with Gasteiger partial charge in [0, 0.05) is 25.3 Å². The number of alkyl halides is 1. The number of carbonyl (C=O) groups excluding carboxylic acids is 1. The van der Waals surface area contributed by atoms with Gasteiger partial charge in [0.25, 0.3) is 0 Å². The topological polar surface area (TPSA) is 44.8 Å². The lowest BCUT2D eigenvalue weighted by molar-refractivity contribution is -0.131. The van der Waals surface area contributed by atoms with Crippen molar-refractivity contribution in [3.05, 3.63) is 28.8 Å². The summed E-state index contributed by atoms with van der Waals surface area (Å²) in [6.07, 6.45) is 0. The van der Waals surface area contributed by atoms with Gasteiger partial charge in [-0.3, -0.25) is 4.79 Å². The Morgan fingerprint density at radius 1 is 1.17 bits per heavy atom. The van der Waals surface area contributed by atoms with Gasteiger partial charge in [-0.1, -0.05) is 17.7 Å². The van der Waals surface area contributed by atoms with Crippen molar-refractivity contribution in [2.24, 2.45) is 0 Å². The number of methoxy groups -OCH3 is 2. The quantitative estimate of drug-likeness (QED) is 0.453. The number of esters is 1. The molecule has 0 N–H and O–H groups in total. The van der Waals surface area contributed by atoms with Crippen LogP contribution in [0.5, 0.6) is 5.75 Å². The molecule has 0 aliphatic heterocycles. The minimum absolute atomic E-state index is 0.188. The van der Waals surface area contributed by atoms with Crippen molar-refractivity contribution in [2.45, 2.75) is 20.1 Å². The third-order valence-electron chi connectivity index (χ3n) is 2.31. The third kappa shape index (κ3) is 3.98. The maximum absolute atomic E-state index is 11.3. The molecule has 0 fully saturated rings. The van der Waals surface area contributed by atoms with Gasteiger partial charge in [-0.05, 0) is 6.92 Å². The van der Waals surface area contributed by atoms with Crippen molar-refractivity contribution in [2.75, 3.05) is 20.1 Å². The minimum Gasteiger partial charge on any atom is -0.425 e. The molecular formula is C13H17ClO4. The zero-order valence-corrected chi connectivity index (χ0v) is 11.5. The zero-order valence-electron chi connectivity index (χ0n) is 10.8. The summed E-state index contributed by atoms with van der Waals surface area (Å²) in [6.45, 7) is 2.69. The average Bonchev–Trinajstić information content (AvgIpc) is 2.33.